The third-order valence-electron chi connectivity index (χ3n) is 3.61. The number of nitrogens with one attached hydrogen (secondary N) is 1. The molecule has 0 saturated heterocycles. The lowest BCUT2D eigenvalue weighted by Gasteiger charge is -2.16. The summed E-state index contributed by atoms with van der Waals surface area (Å²) in [5, 5.41) is 5.18. The van der Waals surface area contributed by atoms with Crippen LogP contribution in [-0.2, 0) is 4.79 Å². The molecule has 0 bridgehead atoms. The van der Waals surface area contributed by atoms with Gasteiger partial charge in [0.2, 0.25) is 5.91 Å². The van der Waals surface area contributed by atoms with Crippen molar-refractivity contribution in [3.05, 3.63) is 16.8 Å². The van der Waals surface area contributed by atoms with Crippen LogP contribution in [-0.4, -0.2) is 53.7 Å². The Labute approximate surface area is 139 Å². The van der Waals surface area contributed by atoms with Gasteiger partial charge in [0.05, 0.1) is 0 Å². The lowest BCUT2D eigenvalue weighted by atomic mass is 10.2. The van der Waals surface area contributed by atoms with E-state index in [1.54, 1.807) is 34.3 Å². The Morgan fingerprint density at radius 2 is 2.18 bits per heavy atom. The Hall–Kier alpha value is -1.18. The van der Waals surface area contributed by atoms with E-state index in [2.05, 4.69) is 29.1 Å². The number of hydrogen-bond donors (Lipinski definition) is 1. The summed E-state index contributed by atoms with van der Waals surface area (Å²) in [7, 11) is 3.74. The molecule has 0 saturated carbocycles. The summed E-state index contributed by atoms with van der Waals surface area (Å²) in [6, 6.07) is 0. The molecule has 1 N–H and O–H groups in total. The predicted octanol–water partition coefficient (Wildman–Crippen LogP) is 2.47. The molecule has 2 heterocycles. The van der Waals surface area contributed by atoms with Crippen molar-refractivity contribution in [3.63, 3.8) is 0 Å². The predicted molar refractivity (Wildman–Crippen MR) is 93.8 cm³/mol. The van der Waals surface area contributed by atoms with Crippen LogP contribution in [0.15, 0.2) is 11.4 Å². The van der Waals surface area contributed by atoms with Gasteiger partial charge in [0.25, 0.3) is 0 Å². The number of amides is 1. The van der Waals surface area contributed by atoms with Crippen molar-refractivity contribution >= 4 is 39.2 Å². The average molecular weight is 339 g/mol. The SMILES string of the molecule is CNCCN(C)C(=O)CCSc1ncnc2sc(C)c(C)c12. The highest BCUT2D eigenvalue weighted by Gasteiger charge is 2.13. The standard InChI is InChI=1S/C15H22N4OS2/c1-10-11(2)22-15-13(10)14(17-9-18-15)21-8-5-12(20)19(4)7-6-16-3/h9,16H,5-8H2,1-4H3. The molecule has 2 rings (SSSR count). The quantitative estimate of drug-likeness (QED) is 0.621. The molecule has 1 amide bonds. The minimum absolute atomic E-state index is 0.172. The summed E-state index contributed by atoms with van der Waals surface area (Å²) in [5.41, 5.74) is 1.25. The van der Waals surface area contributed by atoms with E-state index in [0.29, 0.717) is 6.42 Å². The molecule has 0 unspecified atom stereocenters. The topological polar surface area (TPSA) is 58.1 Å². The van der Waals surface area contributed by atoms with Crippen molar-refractivity contribution in [2.24, 2.45) is 0 Å². The summed E-state index contributed by atoms with van der Waals surface area (Å²) in [6.07, 6.45) is 2.14. The van der Waals surface area contributed by atoms with Crippen molar-refractivity contribution in [3.8, 4) is 0 Å². The maximum absolute atomic E-state index is 12.0. The Bertz CT molecular complexity index is 656. The zero-order chi connectivity index (χ0) is 16.1. The van der Waals surface area contributed by atoms with Crippen molar-refractivity contribution < 1.29 is 4.79 Å². The Morgan fingerprint density at radius 3 is 2.91 bits per heavy atom. The van der Waals surface area contributed by atoms with E-state index >= 15 is 0 Å². The smallest absolute Gasteiger partial charge is 0.223 e. The van der Waals surface area contributed by atoms with Crippen LogP contribution in [0.25, 0.3) is 10.2 Å². The van der Waals surface area contributed by atoms with Gasteiger partial charge in [-0.2, -0.15) is 0 Å². The molecule has 2 aromatic heterocycles. The van der Waals surface area contributed by atoms with Gasteiger partial charge in [0.1, 0.15) is 16.2 Å². The van der Waals surface area contributed by atoms with Crippen molar-refractivity contribution in [2.45, 2.75) is 25.3 Å². The van der Waals surface area contributed by atoms with Crippen molar-refractivity contribution in [1.82, 2.24) is 20.2 Å². The summed E-state index contributed by atoms with van der Waals surface area (Å²) in [4.78, 5) is 24.8. The first-order valence-electron chi connectivity index (χ1n) is 7.26. The van der Waals surface area contributed by atoms with E-state index < -0.39 is 0 Å². The van der Waals surface area contributed by atoms with Crippen LogP contribution >= 0.6 is 23.1 Å². The highest BCUT2D eigenvalue weighted by molar-refractivity contribution is 7.99. The van der Waals surface area contributed by atoms with E-state index in [9.17, 15) is 4.79 Å². The molecule has 0 fully saturated rings. The second kappa shape index (κ2) is 7.89. The maximum atomic E-state index is 12.0. The van der Waals surface area contributed by atoms with Gasteiger partial charge in [-0.25, -0.2) is 9.97 Å². The number of carbonyl (C=O) groups excluding carboxylic acids is 1. The van der Waals surface area contributed by atoms with Gasteiger partial charge in [-0.1, -0.05) is 0 Å². The Balaban J connectivity index is 1.96. The van der Waals surface area contributed by atoms with Crippen LogP contribution in [0.1, 0.15) is 16.9 Å². The van der Waals surface area contributed by atoms with E-state index in [1.807, 2.05) is 14.1 Å². The lowest BCUT2D eigenvalue weighted by Crippen LogP contribution is -2.32. The number of thioether (sulfide) groups is 1. The molecule has 2 aromatic rings. The summed E-state index contributed by atoms with van der Waals surface area (Å²) in [6.45, 7) is 5.77. The largest absolute Gasteiger partial charge is 0.344 e. The first-order chi connectivity index (χ1) is 10.5. The molecule has 0 aliphatic carbocycles. The van der Waals surface area contributed by atoms with Gasteiger partial charge in [-0.15, -0.1) is 23.1 Å². The number of rotatable bonds is 7. The van der Waals surface area contributed by atoms with E-state index in [-0.39, 0.29) is 5.91 Å². The fourth-order valence-corrected chi connectivity index (χ4v) is 4.14. The van der Waals surface area contributed by atoms with Crippen LogP contribution in [0.3, 0.4) is 0 Å². The van der Waals surface area contributed by atoms with Crippen molar-refractivity contribution in [1.29, 1.82) is 0 Å². The zero-order valence-corrected chi connectivity index (χ0v) is 15.1. The molecule has 5 nitrogen and oxygen atoms in total. The fraction of sp³-hybridized carbons (Fsp3) is 0.533. The molecule has 0 radical (unpaired) electrons. The number of nitrogens with zero attached hydrogens (tertiary/aromatic N) is 3. The van der Waals surface area contributed by atoms with Gasteiger partial charge in [-0.3, -0.25) is 4.79 Å². The normalized spacial score (nSPS) is 11.1. The van der Waals surface area contributed by atoms with Crippen molar-refractivity contribution in [2.75, 3.05) is 32.9 Å². The molecule has 120 valence electrons. The number of thiophene rings is 1. The minimum Gasteiger partial charge on any atom is -0.344 e. The van der Waals surface area contributed by atoms with Gasteiger partial charge >= 0.3 is 0 Å². The lowest BCUT2D eigenvalue weighted by molar-refractivity contribution is -0.129. The van der Waals surface area contributed by atoms with Crippen LogP contribution in [0.2, 0.25) is 0 Å². The first-order valence-corrected chi connectivity index (χ1v) is 9.07. The molecule has 0 aromatic carbocycles. The molecule has 0 spiro atoms. The van der Waals surface area contributed by atoms with Crippen LogP contribution in [0.4, 0.5) is 0 Å². The average Bonchev–Trinajstić information content (AvgIpc) is 2.80. The van der Waals surface area contributed by atoms with E-state index in [1.165, 1.54) is 10.4 Å². The van der Waals surface area contributed by atoms with Gasteiger partial charge in [-0.05, 0) is 26.5 Å². The molecule has 22 heavy (non-hydrogen) atoms. The number of aryl methyl sites for hydroxylation is 2. The molecule has 7 heteroatoms. The number of hydrogen-bond acceptors (Lipinski definition) is 6. The number of likely N-dealkylation sites (N-methyl/N-ethyl adjacent to an activating group) is 2. The molecular formula is C15H22N4OS2. The molecule has 0 aliphatic heterocycles. The Kier molecular flexibility index (Phi) is 6.16. The highest BCUT2D eigenvalue weighted by atomic mass is 32.2. The maximum Gasteiger partial charge on any atom is 0.223 e. The summed E-state index contributed by atoms with van der Waals surface area (Å²) in [5.74, 6) is 0.912. The summed E-state index contributed by atoms with van der Waals surface area (Å²) < 4.78 is 0. The minimum atomic E-state index is 0.172. The monoisotopic (exact) mass is 338 g/mol. The first kappa shape index (κ1) is 17.2. The fourth-order valence-electron chi connectivity index (χ4n) is 2.09. The second-order valence-corrected chi connectivity index (χ2v) is 7.45. The molecular weight excluding hydrogens is 316 g/mol. The number of fused-ring (bicyclic) bond motifs is 1. The third-order valence-corrected chi connectivity index (χ3v) is 5.71. The third kappa shape index (κ3) is 3.97. The van der Waals surface area contributed by atoms with Gasteiger partial charge in [0, 0.05) is 42.6 Å². The molecule has 0 atom stereocenters. The van der Waals surface area contributed by atoms with Crippen LogP contribution < -0.4 is 5.32 Å². The van der Waals surface area contributed by atoms with E-state index in [4.69, 9.17) is 0 Å². The highest BCUT2D eigenvalue weighted by Crippen LogP contribution is 2.34. The summed E-state index contributed by atoms with van der Waals surface area (Å²) >= 11 is 3.34. The van der Waals surface area contributed by atoms with Gasteiger partial charge in [0.15, 0.2) is 0 Å². The number of aromatic nitrogens is 2. The van der Waals surface area contributed by atoms with E-state index in [0.717, 1.165) is 34.1 Å². The number of carbonyl (C=O) groups is 1. The van der Waals surface area contributed by atoms with Crippen LogP contribution in [0.5, 0.6) is 0 Å². The molecule has 0 aliphatic rings. The second-order valence-electron chi connectivity index (χ2n) is 5.16. The van der Waals surface area contributed by atoms with Gasteiger partial charge < -0.3 is 10.2 Å². The van der Waals surface area contributed by atoms with Crippen LogP contribution in [0, 0.1) is 13.8 Å². The Morgan fingerprint density at radius 1 is 1.41 bits per heavy atom. The zero-order valence-electron chi connectivity index (χ0n) is 13.5.